The van der Waals surface area contributed by atoms with Gasteiger partial charge < -0.3 is 10.6 Å². The van der Waals surface area contributed by atoms with Gasteiger partial charge >= 0.3 is 0 Å². The standard InChI is InChI=1S/C13H18F2N2O/c1-8(17-13(18)9(2)16-3)7-10-11(14)5-4-6-12(10)15/h4-6,8-9,16H,7H2,1-3H3,(H,17,18). The van der Waals surface area contributed by atoms with Crippen molar-refractivity contribution in [3.63, 3.8) is 0 Å². The topological polar surface area (TPSA) is 41.1 Å². The van der Waals surface area contributed by atoms with Crippen LogP contribution in [0, 0.1) is 11.6 Å². The van der Waals surface area contributed by atoms with Crippen molar-refractivity contribution in [3.05, 3.63) is 35.4 Å². The van der Waals surface area contributed by atoms with Gasteiger partial charge in [0.05, 0.1) is 6.04 Å². The van der Waals surface area contributed by atoms with Crippen LogP contribution < -0.4 is 10.6 Å². The highest BCUT2D eigenvalue weighted by Gasteiger charge is 2.16. The van der Waals surface area contributed by atoms with E-state index in [2.05, 4.69) is 10.6 Å². The molecule has 0 radical (unpaired) electrons. The van der Waals surface area contributed by atoms with Crippen LogP contribution in [0.4, 0.5) is 8.78 Å². The summed E-state index contributed by atoms with van der Waals surface area (Å²) in [4.78, 5) is 11.6. The number of hydrogen-bond acceptors (Lipinski definition) is 2. The van der Waals surface area contributed by atoms with Crippen LogP contribution in [-0.2, 0) is 11.2 Å². The van der Waals surface area contributed by atoms with Gasteiger partial charge in [-0.25, -0.2) is 8.78 Å². The molecule has 5 heteroatoms. The Hall–Kier alpha value is -1.49. The highest BCUT2D eigenvalue weighted by atomic mass is 19.1. The molecule has 1 aromatic carbocycles. The van der Waals surface area contributed by atoms with Crippen molar-refractivity contribution in [1.82, 2.24) is 10.6 Å². The summed E-state index contributed by atoms with van der Waals surface area (Å²) in [6.07, 6.45) is 0.126. The second-order valence-corrected chi connectivity index (χ2v) is 4.32. The molecule has 2 N–H and O–H groups in total. The van der Waals surface area contributed by atoms with E-state index < -0.39 is 11.6 Å². The second kappa shape index (κ2) is 6.44. The average molecular weight is 256 g/mol. The Kier molecular flexibility index (Phi) is 5.22. The van der Waals surface area contributed by atoms with E-state index in [9.17, 15) is 13.6 Å². The lowest BCUT2D eigenvalue weighted by molar-refractivity contribution is -0.123. The van der Waals surface area contributed by atoms with Gasteiger partial charge in [0.2, 0.25) is 5.91 Å². The first-order chi connectivity index (χ1) is 8.45. The third-order valence-electron chi connectivity index (χ3n) is 2.79. The maximum absolute atomic E-state index is 13.4. The average Bonchev–Trinajstić information content (AvgIpc) is 2.32. The second-order valence-electron chi connectivity index (χ2n) is 4.32. The molecule has 2 unspecified atom stereocenters. The summed E-state index contributed by atoms with van der Waals surface area (Å²) < 4.78 is 26.8. The molecular formula is C13H18F2N2O. The van der Waals surface area contributed by atoms with Gasteiger partial charge in [0.25, 0.3) is 0 Å². The van der Waals surface area contributed by atoms with E-state index in [4.69, 9.17) is 0 Å². The van der Waals surface area contributed by atoms with Gasteiger partial charge in [-0.05, 0) is 39.4 Å². The van der Waals surface area contributed by atoms with Crippen molar-refractivity contribution in [3.8, 4) is 0 Å². The van der Waals surface area contributed by atoms with Crippen molar-refractivity contribution >= 4 is 5.91 Å². The highest BCUT2D eigenvalue weighted by molar-refractivity contribution is 5.81. The minimum Gasteiger partial charge on any atom is -0.352 e. The molecule has 0 aliphatic carbocycles. The minimum absolute atomic E-state index is 0.00223. The maximum Gasteiger partial charge on any atom is 0.237 e. The van der Waals surface area contributed by atoms with Gasteiger partial charge in [0.1, 0.15) is 11.6 Å². The summed E-state index contributed by atoms with van der Waals surface area (Å²) in [5.74, 6) is -1.36. The number of likely N-dealkylation sites (N-methyl/N-ethyl adjacent to an activating group) is 1. The lowest BCUT2D eigenvalue weighted by Crippen LogP contribution is -2.45. The quantitative estimate of drug-likeness (QED) is 0.840. The summed E-state index contributed by atoms with van der Waals surface area (Å²) in [5, 5.41) is 5.50. The Morgan fingerprint density at radius 3 is 2.33 bits per heavy atom. The van der Waals surface area contributed by atoms with Crippen LogP contribution in [0.1, 0.15) is 19.4 Å². The van der Waals surface area contributed by atoms with Crippen molar-refractivity contribution in [1.29, 1.82) is 0 Å². The number of carbonyl (C=O) groups excluding carboxylic acids is 1. The highest BCUT2D eigenvalue weighted by Crippen LogP contribution is 2.14. The van der Waals surface area contributed by atoms with Crippen LogP contribution in [0.2, 0.25) is 0 Å². The van der Waals surface area contributed by atoms with Crippen LogP contribution in [0.15, 0.2) is 18.2 Å². The number of rotatable bonds is 5. The molecule has 0 aliphatic rings. The van der Waals surface area contributed by atoms with E-state index in [1.54, 1.807) is 20.9 Å². The van der Waals surface area contributed by atoms with Gasteiger partial charge in [-0.15, -0.1) is 0 Å². The van der Waals surface area contributed by atoms with Crippen LogP contribution in [0.5, 0.6) is 0 Å². The molecule has 0 saturated carbocycles. The largest absolute Gasteiger partial charge is 0.352 e. The molecule has 0 aliphatic heterocycles. The van der Waals surface area contributed by atoms with E-state index in [0.717, 1.165) is 0 Å². The Morgan fingerprint density at radius 2 is 1.83 bits per heavy atom. The smallest absolute Gasteiger partial charge is 0.237 e. The molecule has 1 amide bonds. The van der Waals surface area contributed by atoms with E-state index in [-0.39, 0.29) is 30.0 Å². The molecule has 18 heavy (non-hydrogen) atoms. The maximum atomic E-state index is 13.4. The number of nitrogens with one attached hydrogen (secondary N) is 2. The first kappa shape index (κ1) is 14.6. The molecule has 0 aromatic heterocycles. The van der Waals surface area contributed by atoms with Crippen LogP contribution in [0.25, 0.3) is 0 Å². The first-order valence-electron chi connectivity index (χ1n) is 5.86. The number of halogens is 2. The molecule has 100 valence electrons. The lowest BCUT2D eigenvalue weighted by atomic mass is 10.1. The third-order valence-corrected chi connectivity index (χ3v) is 2.79. The zero-order chi connectivity index (χ0) is 13.7. The third kappa shape index (κ3) is 3.77. The Morgan fingerprint density at radius 1 is 1.28 bits per heavy atom. The minimum atomic E-state index is -0.585. The lowest BCUT2D eigenvalue weighted by Gasteiger charge is -2.17. The van der Waals surface area contributed by atoms with Crippen LogP contribution in [0.3, 0.4) is 0 Å². The molecule has 0 spiro atoms. The monoisotopic (exact) mass is 256 g/mol. The number of amides is 1. The molecule has 0 fully saturated rings. The van der Waals surface area contributed by atoms with Gasteiger partial charge in [-0.2, -0.15) is 0 Å². The molecule has 2 atom stereocenters. The SMILES string of the molecule is CNC(C)C(=O)NC(C)Cc1c(F)cccc1F. The van der Waals surface area contributed by atoms with Gasteiger partial charge in [-0.3, -0.25) is 4.79 Å². The molecule has 1 rings (SSSR count). The fraction of sp³-hybridized carbons (Fsp3) is 0.462. The van der Waals surface area contributed by atoms with E-state index in [0.29, 0.717) is 0 Å². The fourth-order valence-electron chi connectivity index (χ4n) is 1.58. The summed E-state index contributed by atoms with van der Waals surface area (Å²) in [5.41, 5.74) is 0.00223. The molecular weight excluding hydrogens is 238 g/mol. The van der Waals surface area contributed by atoms with Crippen molar-refractivity contribution in [2.45, 2.75) is 32.4 Å². The Balaban J connectivity index is 2.65. The van der Waals surface area contributed by atoms with E-state index in [1.165, 1.54) is 18.2 Å². The molecule has 0 heterocycles. The first-order valence-corrected chi connectivity index (χ1v) is 5.86. The predicted molar refractivity (Wildman–Crippen MR) is 66.2 cm³/mol. The molecule has 0 saturated heterocycles. The Bertz CT molecular complexity index is 403. The van der Waals surface area contributed by atoms with Gasteiger partial charge in [0, 0.05) is 11.6 Å². The van der Waals surface area contributed by atoms with Crippen molar-refractivity contribution in [2.75, 3.05) is 7.05 Å². The normalized spacial score (nSPS) is 14.1. The number of hydrogen-bond donors (Lipinski definition) is 2. The Labute approximate surface area is 106 Å². The van der Waals surface area contributed by atoms with Gasteiger partial charge in [0.15, 0.2) is 0 Å². The van der Waals surface area contributed by atoms with Crippen LogP contribution in [-0.4, -0.2) is 25.0 Å². The summed E-state index contributed by atoms with van der Waals surface area (Å²) >= 11 is 0. The van der Waals surface area contributed by atoms with Crippen molar-refractivity contribution in [2.24, 2.45) is 0 Å². The summed E-state index contributed by atoms with van der Waals surface area (Å²) in [6, 6.07) is 3.07. The molecule has 0 bridgehead atoms. The zero-order valence-electron chi connectivity index (χ0n) is 10.8. The van der Waals surface area contributed by atoms with E-state index in [1.807, 2.05) is 0 Å². The summed E-state index contributed by atoms with van der Waals surface area (Å²) in [6.45, 7) is 3.43. The number of benzene rings is 1. The number of carbonyl (C=O) groups is 1. The van der Waals surface area contributed by atoms with E-state index >= 15 is 0 Å². The predicted octanol–water partition coefficient (Wildman–Crippen LogP) is 1.62. The zero-order valence-corrected chi connectivity index (χ0v) is 10.8. The van der Waals surface area contributed by atoms with Gasteiger partial charge in [-0.1, -0.05) is 6.07 Å². The molecule has 1 aromatic rings. The summed E-state index contributed by atoms with van der Waals surface area (Å²) in [7, 11) is 1.67. The molecule has 3 nitrogen and oxygen atoms in total. The fourth-order valence-corrected chi connectivity index (χ4v) is 1.58. The van der Waals surface area contributed by atoms with Crippen LogP contribution >= 0.6 is 0 Å². The van der Waals surface area contributed by atoms with Crippen molar-refractivity contribution < 1.29 is 13.6 Å².